The third-order valence-corrected chi connectivity index (χ3v) is 13.8. The molecule has 364 valence electrons. The second-order valence-corrected chi connectivity index (χ2v) is 18.7. The van der Waals surface area contributed by atoms with Gasteiger partial charge in [-0.3, -0.25) is 9.59 Å². The maximum atomic E-state index is 13.2. The van der Waals surface area contributed by atoms with Crippen molar-refractivity contribution in [2.75, 3.05) is 66.6 Å². The van der Waals surface area contributed by atoms with E-state index >= 15 is 0 Å². The number of hydrogen-bond acceptors (Lipinski definition) is 11. The van der Waals surface area contributed by atoms with Crippen molar-refractivity contribution in [2.24, 2.45) is 0 Å². The molecule has 4 fully saturated rings. The molecule has 4 aliphatic rings. The number of carbonyl (C=O) groups is 4. The largest absolute Gasteiger partial charge is 0.457 e. The molecule has 4 aromatic carbocycles. The average molecular weight is 976 g/mol. The molecule has 3 N–H and O–H groups in total. The van der Waals surface area contributed by atoms with Gasteiger partial charge in [0.15, 0.2) is 0 Å². The molecule has 0 unspecified atom stereocenters. The lowest BCUT2D eigenvalue weighted by molar-refractivity contribution is 0.0596. The number of H-pyrrole nitrogens is 2. The molecular formula is C54H55ClN10O6. The molecule has 0 radical (unpaired) electrons. The number of nitrogens with one attached hydrogen (secondary N) is 3. The molecule has 0 atom stereocenters. The molecule has 2 aromatic heterocycles. The summed E-state index contributed by atoms with van der Waals surface area (Å²) in [4.78, 5) is 69.2. The number of nitriles is 2. The second-order valence-electron chi connectivity index (χ2n) is 18.4. The predicted molar refractivity (Wildman–Crippen MR) is 267 cm³/mol. The average Bonchev–Trinajstić information content (AvgIpc) is 3.88. The number of imidazole rings is 2. The van der Waals surface area contributed by atoms with E-state index in [9.17, 15) is 19.2 Å². The van der Waals surface area contributed by atoms with Gasteiger partial charge in [-0.25, -0.2) is 19.6 Å². The number of aromatic nitrogens is 4. The lowest BCUT2D eigenvalue weighted by Gasteiger charge is -2.39. The monoisotopic (exact) mass is 974 g/mol. The number of amides is 3. The van der Waals surface area contributed by atoms with Gasteiger partial charge in [0, 0.05) is 115 Å². The molecule has 10 rings (SSSR count). The van der Waals surface area contributed by atoms with E-state index in [-0.39, 0.29) is 23.8 Å². The molecular weight excluding hydrogens is 920 g/mol. The van der Waals surface area contributed by atoms with E-state index in [4.69, 9.17) is 25.2 Å². The highest BCUT2D eigenvalue weighted by atomic mass is 35.5. The van der Waals surface area contributed by atoms with Crippen LogP contribution in [0.15, 0.2) is 84.9 Å². The van der Waals surface area contributed by atoms with E-state index in [1.165, 1.54) is 19.8 Å². The van der Waals surface area contributed by atoms with E-state index in [0.29, 0.717) is 79.3 Å². The van der Waals surface area contributed by atoms with Crippen molar-refractivity contribution < 1.29 is 28.7 Å². The van der Waals surface area contributed by atoms with E-state index in [0.717, 1.165) is 75.3 Å². The highest BCUT2D eigenvalue weighted by Crippen LogP contribution is 2.35. The van der Waals surface area contributed by atoms with Crippen molar-refractivity contribution in [3.63, 3.8) is 0 Å². The van der Waals surface area contributed by atoms with Crippen molar-refractivity contribution in [3.8, 4) is 34.7 Å². The van der Waals surface area contributed by atoms with Crippen LogP contribution in [0.1, 0.15) is 101 Å². The van der Waals surface area contributed by atoms with Gasteiger partial charge in [-0.15, -0.1) is 0 Å². The van der Waals surface area contributed by atoms with Crippen LogP contribution in [0.4, 0.5) is 9.59 Å². The summed E-state index contributed by atoms with van der Waals surface area (Å²) in [6.45, 7) is 13.9. The number of aryl methyl sites for hydroxylation is 4. The smallest absolute Gasteiger partial charge is 0.409 e. The van der Waals surface area contributed by atoms with Crippen LogP contribution in [-0.4, -0.2) is 125 Å². The highest BCUT2D eigenvalue weighted by Gasteiger charge is 2.36. The fourth-order valence-corrected chi connectivity index (χ4v) is 9.05. The van der Waals surface area contributed by atoms with Crippen LogP contribution >= 0.6 is 11.6 Å². The molecule has 4 aliphatic heterocycles. The maximum Gasteiger partial charge on any atom is 0.409 e. The Kier molecular flexibility index (Phi) is 15.0. The Hall–Kier alpha value is -7.79. The number of nitrogens with zero attached hydrogens (tertiary/aromatic N) is 7. The Morgan fingerprint density at radius 2 is 0.972 bits per heavy atom. The fraction of sp³-hybridized carbons (Fsp3) is 0.333. The second kappa shape index (κ2) is 21.5. The van der Waals surface area contributed by atoms with E-state index in [2.05, 4.69) is 50.7 Å². The SMILES string of the molecule is COC(=O)Cl.COC(=O)N1CC(c2nc(-c3cc(C(=O)N4CC(c5ccc(C#N)cc5)C4)ccc3C)c(C)[nH]2)C1.Cc1ccc(C(=O)N2CC(c3ccc(C#N)cc3)C2)cc1-c1nc(C2CNC2)[nH]c1C. The van der Waals surface area contributed by atoms with Gasteiger partial charge < -0.3 is 39.5 Å². The standard InChI is InChI=1S/C27H27N5O3.C25H25N5O.C2H3ClO2/c1-16-4-7-20(26(33)31-12-21(13-31)19-8-5-18(11-28)6-9-19)10-23(16)24-17(2)29-25(30-24)22-14-32(15-22)27(34)35-3;1-15-3-6-19(9-22(15)23-16(2)28-24(29-23)20-11-27-12-20)25(31)30-13-21(14-30)18-7-4-17(10-26)5-8-18;1-5-2(3)4/h4-10,21-22H,12-15H2,1-3H3,(H,29,30);3-9,20-21,27H,11-14H2,1-2H3,(H,28,29);1H3. The number of hydrogen-bond donors (Lipinski definition) is 3. The predicted octanol–water partition coefficient (Wildman–Crippen LogP) is 8.45. The van der Waals surface area contributed by atoms with E-state index < -0.39 is 5.43 Å². The number of methoxy groups -OCH3 is 2. The summed E-state index contributed by atoms with van der Waals surface area (Å²) >= 11 is 4.60. The first-order valence-electron chi connectivity index (χ1n) is 23.4. The summed E-state index contributed by atoms with van der Waals surface area (Å²) in [5.41, 5.74) is 12.1. The lowest BCUT2D eigenvalue weighted by atomic mass is 9.90. The van der Waals surface area contributed by atoms with Crippen LogP contribution in [0.5, 0.6) is 0 Å². The van der Waals surface area contributed by atoms with Crippen LogP contribution in [0.3, 0.4) is 0 Å². The third-order valence-electron chi connectivity index (χ3n) is 13.7. The summed E-state index contributed by atoms with van der Waals surface area (Å²) < 4.78 is 8.65. The van der Waals surface area contributed by atoms with Gasteiger partial charge in [0.1, 0.15) is 11.6 Å². The number of benzene rings is 4. The summed E-state index contributed by atoms with van der Waals surface area (Å²) in [5.74, 6) is 3.15. The first-order valence-corrected chi connectivity index (χ1v) is 23.8. The van der Waals surface area contributed by atoms with Gasteiger partial charge in [-0.1, -0.05) is 36.4 Å². The number of ether oxygens (including phenoxy) is 2. The minimum atomic E-state index is -0.773. The molecule has 6 heterocycles. The van der Waals surface area contributed by atoms with Gasteiger partial charge in [-0.05, 0) is 98.5 Å². The molecule has 17 heteroatoms. The fourth-order valence-electron chi connectivity index (χ4n) is 9.05. The highest BCUT2D eigenvalue weighted by molar-refractivity contribution is 6.61. The molecule has 0 aliphatic carbocycles. The van der Waals surface area contributed by atoms with Crippen LogP contribution in [0.2, 0.25) is 0 Å². The van der Waals surface area contributed by atoms with Crippen LogP contribution in [0, 0.1) is 50.4 Å². The van der Waals surface area contributed by atoms with Gasteiger partial charge >= 0.3 is 11.5 Å². The van der Waals surface area contributed by atoms with Crippen LogP contribution in [-0.2, 0) is 9.47 Å². The first-order chi connectivity index (χ1) is 34.2. The number of aromatic amines is 2. The summed E-state index contributed by atoms with van der Waals surface area (Å²) in [5, 5.41) is 21.2. The van der Waals surface area contributed by atoms with Crippen molar-refractivity contribution in [1.82, 2.24) is 40.0 Å². The molecule has 71 heavy (non-hydrogen) atoms. The lowest BCUT2D eigenvalue weighted by Crippen LogP contribution is -2.48. The summed E-state index contributed by atoms with van der Waals surface area (Å²) in [7, 11) is 2.60. The summed E-state index contributed by atoms with van der Waals surface area (Å²) in [6, 6.07) is 31.2. The van der Waals surface area contributed by atoms with Crippen molar-refractivity contribution in [1.29, 1.82) is 10.5 Å². The normalized spacial score (nSPS) is 15.5. The maximum absolute atomic E-state index is 13.2. The quantitative estimate of drug-likeness (QED) is 0.123. The summed E-state index contributed by atoms with van der Waals surface area (Å²) in [6.07, 6.45) is -0.320. The number of rotatable bonds is 8. The molecule has 16 nitrogen and oxygen atoms in total. The van der Waals surface area contributed by atoms with Gasteiger partial charge in [-0.2, -0.15) is 10.5 Å². The van der Waals surface area contributed by atoms with Gasteiger partial charge in [0.05, 0.1) is 54.8 Å². The van der Waals surface area contributed by atoms with Gasteiger partial charge in [0.2, 0.25) is 0 Å². The Morgan fingerprint density at radius 3 is 1.32 bits per heavy atom. The number of likely N-dealkylation sites (tertiary alicyclic amines) is 3. The molecule has 4 saturated heterocycles. The van der Waals surface area contributed by atoms with Gasteiger partial charge in [0.25, 0.3) is 11.8 Å². The zero-order valence-electron chi connectivity index (χ0n) is 40.5. The Morgan fingerprint density at radius 1 is 0.577 bits per heavy atom. The Bertz CT molecular complexity index is 3040. The third kappa shape index (κ3) is 10.8. The molecule has 0 saturated carbocycles. The molecule has 0 spiro atoms. The molecule has 6 aromatic rings. The Labute approximate surface area is 417 Å². The zero-order valence-corrected chi connectivity index (χ0v) is 41.3. The van der Waals surface area contributed by atoms with Crippen molar-refractivity contribution in [2.45, 2.75) is 51.4 Å². The zero-order chi connectivity index (χ0) is 50.5. The molecule has 3 amide bonds. The number of carbonyl (C=O) groups excluding carboxylic acids is 4. The van der Waals surface area contributed by atoms with Crippen LogP contribution in [0.25, 0.3) is 22.5 Å². The van der Waals surface area contributed by atoms with Crippen LogP contribution < -0.4 is 5.32 Å². The van der Waals surface area contributed by atoms with Crippen molar-refractivity contribution >= 4 is 34.9 Å². The minimum Gasteiger partial charge on any atom is -0.457 e. The van der Waals surface area contributed by atoms with Crippen molar-refractivity contribution in [3.05, 3.63) is 152 Å². The molecule has 0 bridgehead atoms. The van der Waals surface area contributed by atoms with E-state index in [1.807, 2.05) is 116 Å². The topological polar surface area (TPSA) is 213 Å². The first kappa shape index (κ1) is 49.6. The Balaban J connectivity index is 0.000000175. The van der Waals surface area contributed by atoms with E-state index in [1.54, 1.807) is 4.90 Å². The minimum absolute atomic E-state index is 0.0114. The number of halogens is 1.